The van der Waals surface area contributed by atoms with E-state index in [-0.39, 0.29) is 28.8 Å². The Morgan fingerprint density at radius 1 is 1.03 bits per heavy atom. The number of carbonyl (C=O) groups is 2. The SMILES string of the molecule is CCOC(=O)N1CCN(C(=O)CSc2nc(-c3cccc(OC)c3)nc3c2c(=O)n(C)c(=O)n3C)CC1. The smallest absolute Gasteiger partial charge is 0.409 e. The van der Waals surface area contributed by atoms with E-state index in [1.807, 2.05) is 0 Å². The Labute approximate surface area is 216 Å². The highest BCUT2D eigenvalue weighted by molar-refractivity contribution is 8.00. The van der Waals surface area contributed by atoms with E-state index >= 15 is 0 Å². The molecule has 0 unspecified atom stereocenters. The molecule has 13 heteroatoms. The first-order valence-corrected chi connectivity index (χ1v) is 12.7. The summed E-state index contributed by atoms with van der Waals surface area (Å²) in [6.45, 7) is 3.58. The van der Waals surface area contributed by atoms with Crippen LogP contribution in [-0.2, 0) is 23.6 Å². The van der Waals surface area contributed by atoms with Gasteiger partial charge in [0.2, 0.25) is 5.91 Å². The summed E-state index contributed by atoms with van der Waals surface area (Å²) in [5.74, 6) is 0.776. The fourth-order valence-corrected chi connectivity index (χ4v) is 4.92. The second-order valence-electron chi connectivity index (χ2n) is 8.34. The zero-order valence-electron chi connectivity index (χ0n) is 21.1. The Balaban J connectivity index is 1.64. The first-order chi connectivity index (χ1) is 17.7. The number of hydrogen-bond acceptors (Lipinski definition) is 9. The maximum absolute atomic E-state index is 13.1. The highest BCUT2D eigenvalue weighted by Crippen LogP contribution is 2.28. The third-order valence-electron chi connectivity index (χ3n) is 6.09. The predicted octanol–water partition coefficient (Wildman–Crippen LogP) is 1.10. The van der Waals surface area contributed by atoms with Gasteiger partial charge in [-0.1, -0.05) is 23.9 Å². The molecule has 1 saturated heterocycles. The molecule has 12 nitrogen and oxygen atoms in total. The molecule has 0 spiro atoms. The van der Waals surface area contributed by atoms with Crippen molar-refractivity contribution in [2.75, 3.05) is 45.6 Å². The number of ether oxygens (including phenoxy) is 2. The molecule has 3 heterocycles. The van der Waals surface area contributed by atoms with Gasteiger partial charge < -0.3 is 19.3 Å². The lowest BCUT2D eigenvalue weighted by Crippen LogP contribution is -2.51. The van der Waals surface area contributed by atoms with Gasteiger partial charge >= 0.3 is 11.8 Å². The van der Waals surface area contributed by atoms with Gasteiger partial charge in [0.15, 0.2) is 11.5 Å². The van der Waals surface area contributed by atoms with Crippen LogP contribution in [0.4, 0.5) is 4.79 Å². The van der Waals surface area contributed by atoms with E-state index in [1.165, 1.54) is 18.7 Å². The summed E-state index contributed by atoms with van der Waals surface area (Å²) in [6.07, 6.45) is -0.386. The van der Waals surface area contributed by atoms with Crippen molar-refractivity contribution < 1.29 is 19.1 Å². The molecule has 4 rings (SSSR count). The Morgan fingerprint density at radius 2 is 1.73 bits per heavy atom. The van der Waals surface area contributed by atoms with Gasteiger partial charge in [0.25, 0.3) is 5.56 Å². The highest BCUT2D eigenvalue weighted by atomic mass is 32.2. The van der Waals surface area contributed by atoms with Crippen molar-refractivity contribution in [1.82, 2.24) is 28.9 Å². The van der Waals surface area contributed by atoms with Gasteiger partial charge in [-0.2, -0.15) is 0 Å². The van der Waals surface area contributed by atoms with Crippen LogP contribution in [0.3, 0.4) is 0 Å². The summed E-state index contributed by atoms with van der Waals surface area (Å²) < 4.78 is 12.6. The van der Waals surface area contributed by atoms with E-state index in [0.29, 0.717) is 54.9 Å². The van der Waals surface area contributed by atoms with E-state index < -0.39 is 11.2 Å². The van der Waals surface area contributed by atoms with E-state index in [4.69, 9.17) is 9.47 Å². The van der Waals surface area contributed by atoms with Crippen molar-refractivity contribution in [3.63, 3.8) is 0 Å². The third-order valence-corrected chi connectivity index (χ3v) is 7.05. The summed E-state index contributed by atoms with van der Waals surface area (Å²) in [5, 5.41) is 0.471. The number of amides is 2. The summed E-state index contributed by atoms with van der Waals surface area (Å²) in [5.41, 5.74) is -0.232. The lowest BCUT2D eigenvalue weighted by atomic mass is 10.2. The summed E-state index contributed by atoms with van der Waals surface area (Å²) >= 11 is 1.12. The molecule has 0 atom stereocenters. The van der Waals surface area contributed by atoms with Crippen LogP contribution >= 0.6 is 11.8 Å². The van der Waals surface area contributed by atoms with Gasteiger partial charge in [-0.05, 0) is 19.1 Å². The number of rotatable bonds is 6. The molecule has 2 aromatic heterocycles. The number of aryl methyl sites for hydroxylation is 1. The van der Waals surface area contributed by atoms with Crippen LogP contribution < -0.4 is 16.0 Å². The number of thioether (sulfide) groups is 1. The van der Waals surface area contributed by atoms with Gasteiger partial charge in [0, 0.05) is 45.8 Å². The van der Waals surface area contributed by atoms with Crippen LogP contribution in [0.25, 0.3) is 22.4 Å². The van der Waals surface area contributed by atoms with Crippen molar-refractivity contribution in [2.45, 2.75) is 11.9 Å². The molecule has 196 valence electrons. The van der Waals surface area contributed by atoms with E-state index in [2.05, 4.69) is 9.97 Å². The van der Waals surface area contributed by atoms with Crippen molar-refractivity contribution in [3.05, 3.63) is 45.1 Å². The molecule has 3 aromatic rings. The Morgan fingerprint density at radius 3 is 2.41 bits per heavy atom. The van der Waals surface area contributed by atoms with Crippen LogP contribution in [0.15, 0.2) is 38.9 Å². The van der Waals surface area contributed by atoms with Crippen LogP contribution in [0.2, 0.25) is 0 Å². The summed E-state index contributed by atoms with van der Waals surface area (Å²) in [4.78, 5) is 63.0. The van der Waals surface area contributed by atoms with Crippen LogP contribution in [-0.4, -0.2) is 86.6 Å². The van der Waals surface area contributed by atoms with Crippen molar-refractivity contribution in [3.8, 4) is 17.1 Å². The fourth-order valence-electron chi connectivity index (χ4n) is 4.00. The first kappa shape index (κ1) is 26.2. The molecule has 0 saturated carbocycles. The molecule has 0 N–H and O–H groups in total. The minimum Gasteiger partial charge on any atom is -0.497 e. The molecular formula is C24H28N6O6S. The molecule has 37 heavy (non-hydrogen) atoms. The highest BCUT2D eigenvalue weighted by Gasteiger charge is 2.26. The maximum atomic E-state index is 13.1. The average molecular weight is 529 g/mol. The van der Waals surface area contributed by atoms with Crippen molar-refractivity contribution in [1.29, 1.82) is 0 Å². The Hall–Kier alpha value is -3.87. The number of benzene rings is 1. The molecule has 1 aromatic carbocycles. The minimum atomic E-state index is -0.534. The topological polar surface area (TPSA) is 129 Å². The monoisotopic (exact) mass is 528 g/mol. The molecule has 1 aliphatic rings. The van der Waals surface area contributed by atoms with E-state index in [1.54, 1.807) is 48.1 Å². The number of hydrogen-bond donors (Lipinski definition) is 0. The number of fused-ring (bicyclic) bond motifs is 1. The van der Waals surface area contributed by atoms with E-state index in [0.717, 1.165) is 16.3 Å². The number of piperazine rings is 1. The van der Waals surface area contributed by atoms with Gasteiger partial charge in [0.05, 0.1) is 19.5 Å². The number of carbonyl (C=O) groups excluding carboxylic acids is 2. The lowest BCUT2D eigenvalue weighted by Gasteiger charge is -2.34. The molecule has 2 amide bonds. The number of nitrogens with zero attached hydrogens (tertiary/aromatic N) is 6. The predicted molar refractivity (Wildman–Crippen MR) is 138 cm³/mol. The Kier molecular flexibility index (Phi) is 7.81. The Bertz CT molecular complexity index is 1460. The van der Waals surface area contributed by atoms with Gasteiger partial charge in [-0.3, -0.25) is 18.7 Å². The number of aromatic nitrogens is 4. The van der Waals surface area contributed by atoms with Crippen molar-refractivity contribution in [2.24, 2.45) is 14.1 Å². The maximum Gasteiger partial charge on any atom is 0.409 e. The largest absolute Gasteiger partial charge is 0.497 e. The summed E-state index contributed by atoms with van der Waals surface area (Å²) in [6, 6.07) is 7.12. The zero-order valence-corrected chi connectivity index (χ0v) is 21.9. The van der Waals surface area contributed by atoms with Crippen LogP contribution in [0.5, 0.6) is 5.75 Å². The quantitative estimate of drug-likeness (QED) is 0.341. The van der Waals surface area contributed by atoms with Crippen LogP contribution in [0.1, 0.15) is 6.92 Å². The minimum absolute atomic E-state index is 0.0229. The molecule has 0 aliphatic carbocycles. The molecule has 1 fully saturated rings. The number of methoxy groups -OCH3 is 1. The third kappa shape index (κ3) is 5.31. The van der Waals surface area contributed by atoms with E-state index in [9.17, 15) is 19.2 Å². The molecule has 0 bridgehead atoms. The molecular weight excluding hydrogens is 500 g/mol. The second-order valence-corrected chi connectivity index (χ2v) is 9.31. The van der Waals surface area contributed by atoms with Crippen LogP contribution in [0, 0.1) is 0 Å². The van der Waals surface area contributed by atoms with Gasteiger partial charge in [-0.15, -0.1) is 0 Å². The van der Waals surface area contributed by atoms with Crippen molar-refractivity contribution >= 4 is 34.8 Å². The average Bonchev–Trinajstić information content (AvgIpc) is 2.93. The summed E-state index contributed by atoms with van der Waals surface area (Å²) in [7, 11) is 4.48. The first-order valence-electron chi connectivity index (χ1n) is 11.7. The molecule has 0 radical (unpaired) electrons. The normalized spacial score (nSPS) is 13.6. The lowest BCUT2D eigenvalue weighted by molar-refractivity contribution is -0.129. The second kappa shape index (κ2) is 11.0. The fraction of sp³-hybridized carbons (Fsp3) is 0.417. The van der Waals surface area contributed by atoms with Gasteiger partial charge in [0.1, 0.15) is 16.2 Å². The standard InChI is InChI=1S/C24H28N6O6S/c1-5-36-24(34)30-11-9-29(10-12-30)17(31)14-37-21-18-20(27(2)23(33)28(3)22(18)32)25-19(26-21)15-7-6-8-16(13-15)35-4/h6-8,13H,5,9-12,14H2,1-4H3. The van der Waals surface area contributed by atoms with Gasteiger partial charge in [-0.25, -0.2) is 19.6 Å². The molecule has 1 aliphatic heterocycles. The zero-order chi connectivity index (χ0) is 26.7.